The van der Waals surface area contributed by atoms with E-state index in [1.165, 1.54) is 0 Å². The topological polar surface area (TPSA) is 56.6 Å². The Bertz CT molecular complexity index is 429. The van der Waals surface area contributed by atoms with Crippen LogP contribution in [0.2, 0.25) is 0 Å². The lowest BCUT2D eigenvalue weighted by Gasteiger charge is -2.07. The van der Waals surface area contributed by atoms with Gasteiger partial charge in [-0.1, -0.05) is 13.8 Å². The highest BCUT2D eigenvalue weighted by atomic mass is 35.5. The molecule has 15 heavy (non-hydrogen) atoms. The summed E-state index contributed by atoms with van der Waals surface area (Å²) >= 11 is 0. The zero-order chi connectivity index (χ0) is 10.7. The maximum atomic E-state index is 11.4. The fourth-order valence-electron chi connectivity index (χ4n) is 1.48. The van der Waals surface area contributed by atoms with Gasteiger partial charge in [-0.2, -0.15) is 5.26 Å². The summed E-state index contributed by atoms with van der Waals surface area (Å²) in [6.45, 7) is 5.96. The minimum Gasteiger partial charge on any atom is -0.325 e. The van der Waals surface area contributed by atoms with Crippen molar-refractivity contribution in [2.75, 3.05) is 0 Å². The zero-order valence-corrected chi connectivity index (χ0v) is 9.94. The van der Waals surface area contributed by atoms with Crippen molar-refractivity contribution in [3.8, 4) is 6.07 Å². The second-order valence-corrected chi connectivity index (χ2v) is 3.89. The highest BCUT2D eigenvalue weighted by Gasteiger charge is 2.08. The number of aromatic nitrogens is 1. The molecular formula is C11H15ClN2O. The second kappa shape index (κ2) is 5.57. The molecule has 1 rings (SSSR count). The summed E-state index contributed by atoms with van der Waals surface area (Å²) in [4.78, 5) is 14.0. The maximum Gasteiger partial charge on any atom is 0.266 e. The van der Waals surface area contributed by atoms with Gasteiger partial charge in [0, 0.05) is 5.69 Å². The lowest BCUT2D eigenvalue weighted by molar-refractivity contribution is 0.644. The van der Waals surface area contributed by atoms with Crippen LogP contribution in [0.4, 0.5) is 0 Å². The molecule has 0 amide bonds. The molecule has 1 N–H and O–H groups in total. The van der Waals surface area contributed by atoms with E-state index in [0.29, 0.717) is 5.92 Å². The molecule has 0 atom stereocenters. The van der Waals surface area contributed by atoms with Crippen LogP contribution < -0.4 is 5.56 Å². The molecule has 0 radical (unpaired) electrons. The molecule has 0 saturated heterocycles. The lowest BCUT2D eigenvalue weighted by atomic mass is 9.99. The molecule has 0 aromatic carbocycles. The Morgan fingerprint density at radius 3 is 2.60 bits per heavy atom. The van der Waals surface area contributed by atoms with Crippen LogP contribution >= 0.6 is 12.4 Å². The zero-order valence-electron chi connectivity index (χ0n) is 9.13. The highest BCUT2D eigenvalue weighted by Crippen LogP contribution is 2.10. The smallest absolute Gasteiger partial charge is 0.266 e. The van der Waals surface area contributed by atoms with Gasteiger partial charge >= 0.3 is 0 Å². The SMILES string of the molecule is Cc1cc(CC(C)C)c(C#N)c(=O)[nH]1.Cl. The Morgan fingerprint density at radius 2 is 2.13 bits per heavy atom. The number of rotatable bonds is 2. The molecule has 0 aliphatic carbocycles. The molecule has 0 saturated carbocycles. The third kappa shape index (κ3) is 3.41. The largest absolute Gasteiger partial charge is 0.325 e. The summed E-state index contributed by atoms with van der Waals surface area (Å²) in [7, 11) is 0. The van der Waals surface area contributed by atoms with Crippen molar-refractivity contribution in [1.29, 1.82) is 5.26 Å². The van der Waals surface area contributed by atoms with Gasteiger partial charge in [-0.25, -0.2) is 0 Å². The summed E-state index contributed by atoms with van der Waals surface area (Å²) in [6, 6.07) is 3.83. The van der Waals surface area contributed by atoms with Crippen LogP contribution in [0.3, 0.4) is 0 Å². The van der Waals surface area contributed by atoms with Crippen LogP contribution in [0.1, 0.15) is 30.7 Å². The average Bonchev–Trinajstić information content (AvgIpc) is 2.01. The Labute approximate surface area is 95.5 Å². The quantitative estimate of drug-likeness (QED) is 0.840. The Kier molecular flexibility index (Phi) is 5.10. The van der Waals surface area contributed by atoms with Gasteiger partial charge in [0.1, 0.15) is 11.6 Å². The summed E-state index contributed by atoms with van der Waals surface area (Å²) < 4.78 is 0. The number of hydrogen-bond donors (Lipinski definition) is 1. The van der Waals surface area contributed by atoms with Gasteiger partial charge in [0.05, 0.1) is 0 Å². The predicted molar refractivity (Wildman–Crippen MR) is 62.3 cm³/mol. The van der Waals surface area contributed by atoms with Crippen molar-refractivity contribution >= 4 is 12.4 Å². The van der Waals surface area contributed by atoms with Crippen LogP contribution in [0, 0.1) is 24.2 Å². The molecule has 0 aliphatic rings. The number of hydrogen-bond acceptors (Lipinski definition) is 2. The van der Waals surface area contributed by atoms with Crippen molar-refractivity contribution < 1.29 is 0 Å². The number of nitrogens with one attached hydrogen (secondary N) is 1. The fraction of sp³-hybridized carbons (Fsp3) is 0.455. The van der Waals surface area contributed by atoms with E-state index in [0.717, 1.165) is 17.7 Å². The van der Waals surface area contributed by atoms with Gasteiger partial charge in [0.15, 0.2) is 0 Å². The van der Waals surface area contributed by atoms with E-state index < -0.39 is 0 Å². The van der Waals surface area contributed by atoms with E-state index in [4.69, 9.17) is 5.26 Å². The first-order chi connectivity index (χ1) is 6.54. The van der Waals surface area contributed by atoms with Crippen LogP contribution in [0.15, 0.2) is 10.9 Å². The van der Waals surface area contributed by atoms with Crippen LogP contribution in [0.5, 0.6) is 0 Å². The van der Waals surface area contributed by atoms with E-state index in [1.807, 2.05) is 19.1 Å². The fourth-order valence-corrected chi connectivity index (χ4v) is 1.48. The standard InChI is InChI=1S/C11H14N2O.ClH/c1-7(2)4-9-5-8(3)13-11(14)10(9)6-12;/h5,7H,4H2,1-3H3,(H,13,14);1H. The first-order valence-corrected chi connectivity index (χ1v) is 4.67. The van der Waals surface area contributed by atoms with Crippen molar-refractivity contribution in [2.24, 2.45) is 5.92 Å². The molecule has 1 aromatic heterocycles. The third-order valence-corrected chi connectivity index (χ3v) is 1.99. The molecule has 1 aromatic rings. The molecule has 0 aliphatic heterocycles. The van der Waals surface area contributed by atoms with E-state index in [9.17, 15) is 4.79 Å². The monoisotopic (exact) mass is 226 g/mol. The maximum absolute atomic E-state index is 11.4. The molecule has 1 heterocycles. The van der Waals surface area contributed by atoms with E-state index in [2.05, 4.69) is 18.8 Å². The summed E-state index contributed by atoms with van der Waals surface area (Å²) in [5.74, 6) is 0.447. The molecule has 0 unspecified atom stereocenters. The van der Waals surface area contributed by atoms with Crippen LogP contribution in [-0.4, -0.2) is 4.98 Å². The molecule has 3 nitrogen and oxygen atoms in total. The number of nitrogens with zero attached hydrogens (tertiary/aromatic N) is 1. The van der Waals surface area contributed by atoms with Gasteiger partial charge in [0.2, 0.25) is 0 Å². The number of pyridine rings is 1. The van der Waals surface area contributed by atoms with Gasteiger partial charge in [-0.05, 0) is 30.9 Å². The Morgan fingerprint density at radius 1 is 1.53 bits per heavy atom. The molecule has 0 spiro atoms. The van der Waals surface area contributed by atoms with E-state index in [-0.39, 0.29) is 23.5 Å². The molecule has 0 fully saturated rings. The van der Waals surface area contributed by atoms with Crippen LogP contribution in [-0.2, 0) is 6.42 Å². The highest BCUT2D eigenvalue weighted by molar-refractivity contribution is 5.85. The van der Waals surface area contributed by atoms with E-state index >= 15 is 0 Å². The summed E-state index contributed by atoms with van der Waals surface area (Å²) in [5.41, 5.74) is 1.64. The normalized spacial score (nSPS) is 9.53. The predicted octanol–water partition coefficient (Wildman–Crippen LogP) is 2.18. The number of aromatic amines is 1. The molecular weight excluding hydrogens is 212 g/mol. The van der Waals surface area contributed by atoms with Crippen LogP contribution in [0.25, 0.3) is 0 Å². The second-order valence-electron chi connectivity index (χ2n) is 3.89. The van der Waals surface area contributed by atoms with Crippen molar-refractivity contribution in [1.82, 2.24) is 4.98 Å². The van der Waals surface area contributed by atoms with Crippen molar-refractivity contribution in [3.05, 3.63) is 33.2 Å². The van der Waals surface area contributed by atoms with Crippen molar-refractivity contribution in [2.45, 2.75) is 27.2 Å². The molecule has 0 bridgehead atoms. The number of H-pyrrole nitrogens is 1. The average molecular weight is 227 g/mol. The number of nitriles is 1. The van der Waals surface area contributed by atoms with Gasteiger partial charge < -0.3 is 4.98 Å². The summed E-state index contributed by atoms with van der Waals surface area (Å²) in [5, 5.41) is 8.83. The van der Waals surface area contributed by atoms with Gasteiger partial charge in [-0.3, -0.25) is 4.79 Å². The first-order valence-electron chi connectivity index (χ1n) is 4.67. The summed E-state index contributed by atoms with van der Waals surface area (Å²) in [6.07, 6.45) is 0.771. The molecule has 82 valence electrons. The third-order valence-electron chi connectivity index (χ3n) is 1.99. The van der Waals surface area contributed by atoms with Gasteiger partial charge in [0.25, 0.3) is 5.56 Å². The van der Waals surface area contributed by atoms with Crippen molar-refractivity contribution in [3.63, 3.8) is 0 Å². The Hall–Kier alpha value is -1.27. The van der Waals surface area contributed by atoms with Gasteiger partial charge in [-0.15, -0.1) is 12.4 Å². The number of halogens is 1. The van der Waals surface area contributed by atoms with E-state index in [1.54, 1.807) is 0 Å². The minimum absolute atomic E-state index is 0. The minimum atomic E-state index is -0.275. The first kappa shape index (κ1) is 13.7. The molecule has 4 heteroatoms. The Balaban J connectivity index is 0.00000196. The lowest BCUT2D eigenvalue weighted by Crippen LogP contribution is -2.15. The number of aryl methyl sites for hydroxylation is 1.